The molecule has 3 rings (SSSR count). The van der Waals surface area contributed by atoms with Crippen LogP contribution in [-0.2, 0) is 25.5 Å². The Morgan fingerprint density at radius 3 is 2.62 bits per heavy atom. The van der Waals surface area contributed by atoms with Gasteiger partial charge in [-0.25, -0.2) is 14.6 Å². The summed E-state index contributed by atoms with van der Waals surface area (Å²) in [4.78, 5) is 30.5. The second-order valence-corrected chi connectivity index (χ2v) is 5.43. The number of benzene rings is 1. The van der Waals surface area contributed by atoms with Crippen LogP contribution < -0.4 is 4.90 Å². The maximum absolute atomic E-state index is 12.4. The molecule has 0 radical (unpaired) electrons. The van der Waals surface area contributed by atoms with Crippen LogP contribution in [0.1, 0.15) is 12.8 Å². The molecular formula is C19H18N2O5. The predicted octanol–water partition coefficient (Wildman–Crippen LogP) is 2.88. The van der Waals surface area contributed by atoms with E-state index in [4.69, 9.17) is 13.9 Å². The number of hydrogen-bond acceptors (Lipinski definition) is 7. The average molecular weight is 354 g/mol. The van der Waals surface area contributed by atoms with Crippen molar-refractivity contribution in [2.24, 2.45) is 0 Å². The number of carbonyl (C=O) groups is 2. The van der Waals surface area contributed by atoms with Crippen LogP contribution >= 0.6 is 0 Å². The molecular weight excluding hydrogens is 336 g/mol. The second kappa shape index (κ2) is 7.26. The molecule has 7 heteroatoms. The van der Waals surface area contributed by atoms with Crippen molar-refractivity contribution in [2.45, 2.75) is 13.3 Å². The Morgan fingerprint density at radius 1 is 1.15 bits per heavy atom. The zero-order valence-electron chi connectivity index (χ0n) is 14.7. The number of aromatic nitrogens is 1. The molecule has 0 atom stereocenters. The van der Waals surface area contributed by atoms with Crippen molar-refractivity contribution in [3.8, 4) is 0 Å². The summed E-state index contributed by atoms with van der Waals surface area (Å²) in [6.45, 7) is 1.95. The zero-order chi connectivity index (χ0) is 18.7. The van der Waals surface area contributed by atoms with Gasteiger partial charge in [0, 0.05) is 24.4 Å². The van der Waals surface area contributed by atoms with Gasteiger partial charge in [-0.3, -0.25) is 0 Å². The van der Waals surface area contributed by atoms with Gasteiger partial charge in [-0.05, 0) is 24.3 Å². The molecule has 0 saturated carbocycles. The molecule has 0 fully saturated rings. The molecule has 2 aromatic rings. The third kappa shape index (κ3) is 3.11. The lowest BCUT2D eigenvalue weighted by Crippen LogP contribution is -2.26. The number of anilines is 1. The molecule has 0 bridgehead atoms. The smallest absolute Gasteiger partial charge is 0.355 e. The Labute approximate surface area is 150 Å². The van der Waals surface area contributed by atoms with E-state index in [2.05, 4.69) is 4.98 Å². The van der Waals surface area contributed by atoms with Crippen LogP contribution in [0.4, 0.5) is 5.69 Å². The number of aryl methyl sites for hydroxylation is 1. The van der Waals surface area contributed by atoms with Crippen molar-refractivity contribution < 1.29 is 23.5 Å². The summed E-state index contributed by atoms with van der Waals surface area (Å²) < 4.78 is 15.4. The Bertz CT molecular complexity index is 952. The van der Waals surface area contributed by atoms with Crippen molar-refractivity contribution in [2.75, 3.05) is 19.1 Å². The Morgan fingerprint density at radius 2 is 1.92 bits per heavy atom. The molecule has 1 aliphatic rings. The highest BCUT2D eigenvalue weighted by Gasteiger charge is 2.27. The summed E-state index contributed by atoms with van der Waals surface area (Å²) >= 11 is 0. The molecule has 0 amide bonds. The number of allylic oxidation sites excluding steroid dienone is 2. The number of fused-ring (bicyclic) bond motifs is 1. The van der Waals surface area contributed by atoms with Gasteiger partial charge in [-0.1, -0.05) is 13.0 Å². The first-order valence-electron chi connectivity index (χ1n) is 8.03. The van der Waals surface area contributed by atoms with Gasteiger partial charge in [0.25, 0.3) is 0 Å². The lowest BCUT2D eigenvalue weighted by atomic mass is 10.1. The molecule has 1 aliphatic heterocycles. The number of methoxy groups -OCH3 is 2. The van der Waals surface area contributed by atoms with Crippen LogP contribution in [0.3, 0.4) is 0 Å². The van der Waals surface area contributed by atoms with Gasteiger partial charge in [0.15, 0.2) is 11.5 Å². The maximum atomic E-state index is 12.4. The van der Waals surface area contributed by atoms with E-state index in [1.54, 1.807) is 41.5 Å². The fourth-order valence-electron chi connectivity index (χ4n) is 2.63. The second-order valence-electron chi connectivity index (χ2n) is 5.43. The maximum Gasteiger partial charge on any atom is 0.355 e. The zero-order valence-corrected chi connectivity index (χ0v) is 14.7. The van der Waals surface area contributed by atoms with E-state index in [0.717, 1.165) is 5.52 Å². The largest absolute Gasteiger partial charge is 0.465 e. The Hall–Kier alpha value is -3.35. The highest BCUT2D eigenvalue weighted by Crippen LogP contribution is 2.29. The number of oxazole rings is 1. The van der Waals surface area contributed by atoms with Gasteiger partial charge in [0.05, 0.1) is 19.8 Å². The Kier molecular flexibility index (Phi) is 4.88. The van der Waals surface area contributed by atoms with Crippen molar-refractivity contribution >= 4 is 28.7 Å². The highest BCUT2D eigenvalue weighted by molar-refractivity contribution is 6.05. The van der Waals surface area contributed by atoms with Crippen molar-refractivity contribution in [1.29, 1.82) is 0 Å². The first-order valence-corrected chi connectivity index (χ1v) is 8.03. The summed E-state index contributed by atoms with van der Waals surface area (Å²) in [5, 5.41) is 0. The lowest BCUT2D eigenvalue weighted by molar-refractivity contribution is -0.139. The summed E-state index contributed by atoms with van der Waals surface area (Å²) in [5.41, 5.74) is 2.08. The van der Waals surface area contributed by atoms with Crippen molar-refractivity contribution in [3.05, 3.63) is 59.8 Å². The number of carbonyl (C=O) groups excluding carboxylic acids is 2. The molecule has 0 spiro atoms. The van der Waals surface area contributed by atoms with Gasteiger partial charge in [-0.2, -0.15) is 0 Å². The fraction of sp³-hybridized carbons (Fsp3) is 0.211. The quantitative estimate of drug-likeness (QED) is 0.781. The first kappa shape index (κ1) is 17.5. The minimum absolute atomic E-state index is 0.0546. The first-order chi connectivity index (χ1) is 12.6. The Balaban J connectivity index is 2.16. The van der Waals surface area contributed by atoms with Crippen LogP contribution in [-0.4, -0.2) is 31.1 Å². The van der Waals surface area contributed by atoms with Crippen molar-refractivity contribution in [3.63, 3.8) is 0 Å². The molecule has 134 valence electrons. The summed E-state index contributed by atoms with van der Waals surface area (Å²) in [7, 11) is 2.52. The van der Waals surface area contributed by atoms with E-state index in [1.165, 1.54) is 20.3 Å². The van der Waals surface area contributed by atoms with E-state index >= 15 is 0 Å². The molecule has 2 heterocycles. The van der Waals surface area contributed by atoms with E-state index in [0.29, 0.717) is 23.6 Å². The van der Waals surface area contributed by atoms with Gasteiger partial charge in [0.2, 0.25) is 0 Å². The topological polar surface area (TPSA) is 81.9 Å². The summed E-state index contributed by atoms with van der Waals surface area (Å²) in [5.74, 6) is -0.665. The van der Waals surface area contributed by atoms with Crippen LogP contribution in [0.2, 0.25) is 0 Å². The molecule has 7 nitrogen and oxygen atoms in total. The van der Waals surface area contributed by atoms with E-state index in [1.807, 2.05) is 6.92 Å². The number of hydrogen-bond donors (Lipinski definition) is 0. The summed E-state index contributed by atoms with van der Waals surface area (Å²) in [6, 6.07) is 5.35. The van der Waals surface area contributed by atoms with E-state index in [9.17, 15) is 9.59 Å². The third-order valence-electron chi connectivity index (χ3n) is 3.89. The van der Waals surface area contributed by atoms with Gasteiger partial charge >= 0.3 is 11.9 Å². The van der Waals surface area contributed by atoms with Crippen LogP contribution in [0, 0.1) is 0 Å². The van der Waals surface area contributed by atoms with E-state index in [-0.39, 0.29) is 11.3 Å². The molecule has 1 aromatic carbocycles. The van der Waals surface area contributed by atoms with Gasteiger partial charge < -0.3 is 18.8 Å². The minimum Gasteiger partial charge on any atom is -0.465 e. The number of ether oxygens (including phenoxy) is 2. The average Bonchev–Trinajstić information content (AvgIpc) is 2.96. The molecule has 0 aliphatic carbocycles. The molecule has 1 aromatic heterocycles. The number of rotatable bonds is 4. The molecule has 0 unspecified atom stereocenters. The standard InChI is InChI=1S/C19H18N2O5/c1-4-16-20-14-9-8-12(11-15(14)26-16)21-10-6-5-7-13(18(22)24-2)17(21)19(23)25-3/h5-11H,4H2,1-3H3. The molecule has 0 N–H and O–H groups in total. The van der Waals surface area contributed by atoms with Gasteiger partial charge in [-0.15, -0.1) is 0 Å². The summed E-state index contributed by atoms with van der Waals surface area (Å²) in [6.07, 6.45) is 7.21. The minimum atomic E-state index is -0.659. The van der Waals surface area contributed by atoms with Crippen LogP contribution in [0.5, 0.6) is 0 Å². The SMILES string of the molecule is CCc1nc2ccc(N3C=CC=CC(C(=O)OC)=C3C(=O)OC)cc2o1. The molecule has 26 heavy (non-hydrogen) atoms. The number of esters is 2. The van der Waals surface area contributed by atoms with Crippen LogP contribution in [0.25, 0.3) is 11.1 Å². The monoisotopic (exact) mass is 354 g/mol. The van der Waals surface area contributed by atoms with Crippen molar-refractivity contribution in [1.82, 2.24) is 4.98 Å². The highest BCUT2D eigenvalue weighted by atomic mass is 16.5. The predicted molar refractivity (Wildman–Crippen MR) is 95.2 cm³/mol. The normalized spacial score (nSPS) is 13.9. The lowest BCUT2D eigenvalue weighted by Gasteiger charge is -2.22. The van der Waals surface area contributed by atoms with Crippen LogP contribution in [0.15, 0.2) is 58.3 Å². The third-order valence-corrected chi connectivity index (χ3v) is 3.89. The number of nitrogens with zero attached hydrogens (tertiary/aromatic N) is 2. The van der Waals surface area contributed by atoms with Gasteiger partial charge in [0.1, 0.15) is 11.2 Å². The van der Waals surface area contributed by atoms with E-state index < -0.39 is 11.9 Å². The fourth-order valence-corrected chi connectivity index (χ4v) is 2.63. The molecule has 0 saturated heterocycles.